The maximum Gasteiger partial charge on any atom is 0.340 e. The van der Waals surface area contributed by atoms with Gasteiger partial charge in [0.15, 0.2) is 4.47 Å². The van der Waals surface area contributed by atoms with Crippen LogP contribution in [-0.4, -0.2) is 18.1 Å². The number of thiazole rings is 1. The molecule has 1 aromatic carbocycles. The van der Waals surface area contributed by atoms with E-state index in [-0.39, 0.29) is 0 Å². The number of halogens is 1. The molecular formula is C9H7ClN2O2S. The van der Waals surface area contributed by atoms with Crippen LogP contribution in [-0.2, 0) is 4.74 Å². The molecule has 0 amide bonds. The van der Waals surface area contributed by atoms with Gasteiger partial charge in [-0.1, -0.05) is 11.6 Å². The van der Waals surface area contributed by atoms with Crippen LogP contribution in [0.4, 0.5) is 5.69 Å². The minimum Gasteiger partial charge on any atom is -0.465 e. The highest BCUT2D eigenvalue weighted by Gasteiger charge is 2.13. The van der Waals surface area contributed by atoms with Crippen LogP contribution in [0.3, 0.4) is 0 Å². The fourth-order valence-corrected chi connectivity index (χ4v) is 2.31. The molecule has 0 aliphatic heterocycles. The number of rotatable bonds is 1. The lowest BCUT2D eigenvalue weighted by atomic mass is 10.2. The number of fused-ring (bicyclic) bond motifs is 1. The molecule has 0 aliphatic carbocycles. The molecule has 78 valence electrons. The van der Waals surface area contributed by atoms with Crippen LogP contribution in [0.25, 0.3) is 10.2 Å². The third-order valence-corrected chi connectivity index (χ3v) is 3.06. The number of carbonyl (C=O) groups is 1. The van der Waals surface area contributed by atoms with Crippen molar-refractivity contribution in [3.05, 3.63) is 22.2 Å². The van der Waals surface area contributed by atoms with Gasteiger partial charge in [0.25, 0.3) is 0 Å². The lowest BCUT2D eigenvalue weighted by Gasteiger charge is -2.02. The average molecular weight is 243 g/mol. The Bertz CT molecular complexity index is 538. The Morgan fingerprint density at radius 1 is 1.60 bits per heavy atom. The van der Waals surface area contributed by atoms with Gasteiger partial charge in [0.1, 0.15) is 0 Å². The first kappa shape index (κ1) is 10.2. The summed E-state index contributed by atoms with van der Waals surface area (Å²) in [5, 5.41) is 0. The Balaban J connectivity index is 2.66. The molecule has 0 fully saturated rings. The summed E-state index contributed by atoms with van der Waals surface area (Å²) < 4.78 is 5.87. The Labute approximate surface area is 94.6 Å². The molecule has 0 saturated heterocycles. The summed E-state index contributed by atoms with van der Waals surface area (Å²) in [6.07, 6.45) is 0. The predicted molar refractivity (Wildman–Crippen MR) is 60.4 cm³/mol. The van der Waals surface area contributed by atoms with Crippen molar-refractivity contribution < 1.29 is 9.53 Å². The van der Waals surface area contributed by atoms with Crippen LogP contribution in [0, 0.1) is 0 Å². The Morgan fingerprint density at radius 3 is 3.00 bits per heavy atom. The number of nitrogens with zero attached hydrogens (tertiary/aromatic N) is 1. The highest BCUT2D eigenvalue weighted by Crippen LogP contribution is 2.29. The molecule has 0 atom stereocenters. The maximum absolute atomic E-state index is 11.3. The van der Waals surface area contributed by atoms with Gasteiger partial charge in [-0.15, -0.1) is 11.3 Å². The number of esters is 1. The van der Waals surface area contributed by atoms with Crippen LogP contribution < -0.4 is 5.73 Å². The number of nitrogen functional groups attached to an aromatic ring is 1. The highest BCUT2D eigenvalue weighted by atomic mass is 35.5. The monoisotopic (exact) mass is 242 g/mol. The minimum atomic E-state index is -0.474. The Hall–Kier alpha value is -1.33. The van der Waals surface area contributed by atoms with Crippen LogP contribution in [0.2, 0.25) is 4.47 Å². The van der Waals surface area contributed by atoms with Gasteiger partial charge in [-0.25, -0.2) is 9.78 Å². The van der Waals surface area contributed by atoms with E-state index in [0.717, 1.165) is 4.70 Å². The number of methoxy groups -OCH3 is 1. The van der Waals surface area contributed by atoms with E-state index in [2.05, 4.69) is 9.72 Å². The van der Waals surface area contributed by atoms with Crippen molar-refractivity contribution in [1.29, 1.82) is 0 Å². The molecule has 1 aromatic heterocycles. The van der Waals surface area contributed by atoms with E-state index in [1.54, 1.807) is 12.1 Å². The summed E-state index contributed by atoms with van der Waals surface area (Å²) in [5.74, 6) is -0.474. The molecule has 0 unspecified atom stereocenters. The predicted octanol–water partition coefficient (Wildman–Crippen LogP) is 2.32. The van der Waals surface area contributed by atoms with Gasteiger partial charge in [-0.2, -0.15) is 0 Å². The molecule has 2 N–H and O–H groups in total. The number of hydrogen-bond acceptors (Lipinski definition) is 5. The molecule has 4 nitrogen and oxygen atoms in total. The smallest absolute Gasteiger partial charge is 0.340 e. The van der Waals surface area contributed by atoms with Crippen molar-refractivity contribution in [3.63, 3.8) is 0 Å². The summed E-state index contributed by atoms with van der Waals surface area (Å²) in [5.41, 5.74) is 7.04. The summed E-state index contributed by atoms with van der Waals surface area (Å²) in [7, 11) is 1.31. The van der Waals surface area contributed by atoms with E-state index in [1.165, 1.54) is 18.4 Å². The number of benzene rings is 1. The first-order valence-corrected chi connectivity index (χ1v) is 5.25. The standard InChI is InChI=1S/C9H7ClN2O2S/c1-14-8(13)4-2-6-7(3-5(4)11)15-9(10)12-6/h2-3H,11H2,1H3. The van der Waals surface area contributed by atoms with E-state index in [1.807, 2.05) is 0 Å². The third-order valence-electron chi connectivity index (χ3n) is 1.94. The number of ether oxygens (including phenoxy) is 1. The second-order valence-electron chi connectivity index (χ2n) is 2.87. The highest BCUT2D eigenvalue weighted by molar-refractivity contribution is 7.22. The quantitative estimate of drug-likeness (QED) is 0.616. The van der Waals surface area contributed by atoms with Crippen LogP contribution >= 0.6 is 22.9 Å². The van der Waals surface area contributed by atoms with E-state index < -0.39 is 5.97 Å². The maximum atomic E-state index is 11.3. The molecular weight excluding hydrogens is 236 g/mol. The molecule has 6 heteroatoms. The number of nitrogens with two attached hydrogens (primary N) is 1. The van der Waals surface area contributed by atoms with E-state index in [4.69, 9.17) is 17.3 Å². The molecule has 0 spiro atoms. The minimum absolute atomic E-state index is 0.312. The lowest BCUT2D eigenvalue weighted by Crippen LogP contribution is -2.05. The van der Waals surface area contributed by atoms with Crippen molar-refractivity contribution in [3.8, 4) is 0 Å². The van der Waals surface area contributed by atoms with Crippen molar-refractivity contribution in [2.45, 2.75) is 0 Å². The van der Waals surface area contributed by atoms with Gasteiger partial charge in [-0.3, -0.25) is 0 Å². The van der Waals surface area contributed by atoms with Crippen molar-refractivity contribution in [2.24, 2.45) is 0 Å². The van der Waals surface area contributed by atoms with Gasteiger partial charge < -0.3 is 10.5 Å². The van der Waals surface area contributed by atoms with Crippen molar-refractivity contribution in [2.75, 3.05) is 12.8 Å². The van der Waals surface area contributed by atoms with Crippen molar-refractivity contribution >= 4 is 44.8 Å². The fraction of sp³-hybridized carbons (Fsp3) is 0.111. The largest absolute Gasteiger partial charge is 0.465 e. The van der Waals surface area contributed by atoms with E-state index in [0.29, 0.717) is 21.2 Å². The van der Waals surface area contributed by atoms with Crippen LogP contribution in [0.15, 0.2) is 12.1 Å². The van der Waals surface area contributed by atoms with Crippen LogP contribution in [0.1, 0.15) is 10.4 Å². The topological polar surface area (TPSA) is 65.2 Å². The first-order valence-electron chi connectivity index (χ1n) is 4.05. The van der Waals surface area contributed by atoms with Gasteiger partial charge in [0, 0.05) is 5.69 Å². The van der Waals surface area contributed by atoms with Gasteiger partial charge in [0.2, 0.25) is 0 Å². The van der Waals surface area contributed by atoms with Crippen molar-refractivity contribution in [1.82, 2.24) is 4.98 Å². The molecule has 0 saturated carbocycles. The second-order valence-corrected chi connectivity index (χ2v) is 4.48. The van der Waals surface area contributed by atoms with Crippen LogP contribution in [0.5, 0.6) is 0 Å². The zero-order chi connectivity index (χ0) is 11.0. The zero-order valence-corrected chi connectivity index (χ0v) is 9.35. The lowest BCUT2D eigenvalue weighted by molar-refractivity contribution is 0.0602. The molecule has 15 heavy (non-hydrogen) atoms. The third kappa shape index (κ3) is 1.75. The molecule has 1 heterocycles. The van der Waals surface area contributed by atoms with Gasteiger partial charge in [0.05, 0.1) is 22.9 Å². The fourth-order valence-electron chi connectivity index (χ4n) is 1.25. The molecule has 0 aliphatic rings. The molecule has 2 aromatic rings. The molecule has 0 radical (unpaired) electrons. The Kier molecular flexibility index (Phi) is 2.50. The summed E-state index contributed by atoms with van der Waals surface area (Å²) in [6.45, 7) is 0. The zero-order valence-electron chi connectivity index (χ0n) is 7.78. The first-order chi connectivity index (χ1) is 7.11. The van der Waals surface area contributed by atoms with E-state index in [9.17, 15) is 4.79 Å². The average Bonchev–Trinajstić information content (AvgIpc) is 2.55. The number of aromatic nitrogens is 1. The SMILES string of the molecule is COC(=O)c1cc2nc(Cl)sc2cc1N. The van der Waals surface area contributed by atoms with Gasteiger partial charge in [-0.05, 0) is 12.1 Å². The molecule has 0 bridgehead atoms. The normalized spacial score (nSPS) is 10.5. The summed E-state index contributed by atoms with van der Waals surface area (Å²) >= 11 is 7.07. The number of hydrogen-bond donors (Lipinski definition) is 1. The second kappa shape index (κ2) is 3.67. The van der Waals surface area contributed by atoms with E-state index >= 15 is 0 Å². The van der Waals surface area contributed by atoms with Gasteiger partial charge >= 0.3 is 5.97 Å². The molecule has 2 rings (SSSR count). The Morgan fingerprint density at radius 2 is 2.33 bits per heavy atom. The summed E-state index contributed by atoms with van der Waals surface area (Å²) in [4.78, 5) is 15.4. The number of carbonyl (C=O) groups excluding carboxylic acids is 1. The summed E-state index contributed by atoms with van der Waals surface area (Å²) in [6, 6.07) is 3.25. The number of anilines is 1.